The van der Waals surface area contributed by atoms with Crippen molar-refractivity contribution in [2.75, 3.05) is 16.8 Å². The molecule has 0 bridgehead atoms. The van der Waals surface area contributed by atoms with Gasteiger partial charge in [-0.05, 0) is 55.5 Å². The first kappa shape index (κ1) is 27.2. The summed E-state index contributed by atoms with van der Waals surface area (Å²) in [5.74, 6) is -3.90. The fourth-order valence-corrected chi connectivity index (χ4v) is 4.21. The number of amidine groups is 1. The van der Waals surface area contributed by atoms with E-state index in [9.17, 15) is 22.8 Å². The van der Waals surface area contributed by atoms with Crippen LogP contribution in [0.4, 0.5) is 24.5 Å². The first-order valence-electron chi connectivity index (χ1n) is 11.9. The summed E-state index contributed by atoms with van der Waals surface area (Å²) >= 11 is 0. The summed E-state index contributed by atoms with van der Waals surface area (Å²) in [6, 6.07) is 11.4. The number of carbonyl (C=O) groups excluding carboxylic acids is 1. The van der Waals surface area contributed by atoms with Gasteiger partial charge in [0.2, 0.25) is 0 Å². The molecule has 3 aromatic carbocycles. The number of fused-ring (bicyclic) bond motifs is 1. The number of nitrogens with zero attached hydrogens (tertiary/aromatic N) is 3. The van der Waals surface area contributed by atoms with Gasteiger partial charge in [0.1, 0.15) is 29.1 Å². The molecule has 0 atom stereocenters. The topological polar surface area (TPSA) is 137 Å². The monoisotopic (exact) mass is 538 g/mol. The molecule has 9 nitrogen and oxygen atoms in total. The van der Waals surface area contributed by atoms with Crippen LogP contribution in [0, 0.1) is 22.9 Å². The summed E-state index contributed by atoms with van der Waals surface area (Å²) in [5.41, 5.74) is 7.05. The Kier molecular flexibility index (Phi) is 7.84. The molecule has 0 aliphatic rings. The van der Waals surface area contributed by atoms with E-state index in [-0.39, 0.29) is 41.4 Å². The van der Waals surface area contributed by atoms with E-state index in [0.29, 0.717) is 29.5 Å². The maximum absolute atomic E-state index is 14.5. The lowest BCUT2D eigenvalue weighted by atomic mass is 10.1. The van der Waals surface area contributed by atoms with Gasteiger partial charge in [0.25, 0.3) is 5.91 Å². The van der Waals surface area contributed by atoms with Crippen LogP contribution in [-0.2, 0) is 17.9 Å². The second kappa shape index (κ2) is 11.3. The molecule has 5 N–H and O–H groups in total. The van der Waals surface area contributed by atoms with Crippen molar-refractivity contribution in [1.29, 1.82) is 5.41 Å². The molecular weight excluding hydrogens is 513 g/mol. The van der Waals surface area contributed by atoms with Crippen molar-refractivity contribution < 1.29 is 27.9 Å². The molecule has 1 heterocycles. The lowest BCUT2D eigenvalue weighted by molar-refractivity contribution is -0.136. The summed E-state index contributed by atoms with van der Waals surface area (Å²) < 4.78 is 44.1. The van der Waals surface area contributed by atoms with E-state index in [4.69, 9.17) is 16.2 Å². The minimum Gasteiger partial charge on any atom is -0.481 e. The van der Waals surface area contributed by atoms with Crippen molar-refractivity contribution in [2.45, 2.75) is 26.4 Å². The van der Waals surface area contributed by atoms with Crippen LogP contribution in [0.15, 0.2) is 54.6 Å². The van der Waals surface area contributed by atoms with Gasteiger partial charge in [-0.3, -0.25) is 15.0 Å². The van der Waals surface area contributed by atoms with Gasteiger partial charge in [0, 0.05) is 36.0 Å². The second-order valence-corrected chi connectivity index (χ2v) is 8.67. The number of aromatic nitrogens is 2. The van der Waals surface area contributed by atoms with Crippen LogP contribution in [0.5, 0.6) is 0 Å². The molecule has 4 aromatic rings. The van der Waals surface area contributed by atoms with E-state index in [1.54, 1.807) is 6.07 Å². The largest absolute Gasteiger partial charge is 0.481 e. The molecule has 0 aliphatic carbocycles. The highest BCUT2D eigenvalue weighted by Crippen LogP contribution is 2.24. The smallest absolute Gasteiger partial charge is 0.305 e. The first-order valence-corrected chi connectivity index (χ1v) is 11.9. The maximum atomic E-state index is 14.5. The molecule has 39 heavy (non-hydrogen) atoms. The van der Waals surface area contributed by atoms with Gasteiger partial charge in [-0.2, -0.15) is 0 Å². The van der Waals surface area contributed by atoms with Crippen molar-refractivity contribution in [2.24, 2.45) is 5.73 Å². The molecule has 0 spiro atoms. The van der Waals surface area contributed by atoms with Gasteiger partial charge in [-0.1, -0.05) is 0 Å². The Morgan fingerprint density at radius 2 is 1.74 bits per heavy atom. The first-order chi connectivity index (χ1) is 18.6. The number of amides is 1. The van der Waals surface area contributed by atoms with Crippen LogP contribution in [0.2, 0.25) is 0 Å². The van der Waals surface area contributed by atoms with E-state index >= 15 is 0 Å². The van der Waals surface area contributed by atoms with Crippen LogP contribution in [0.25, 0.3) is 11.0 Å². The number of nitrogens with two attached hydrogens (primary N) is 1. The number of benzene rings is 3. The summed E-state index contributed by atoms with van der Waals surface area (Å²) in [7, 11) is 0. The zero-order valence-electron chi connectivity index (χ0n) is 20.8. The third-order valence-corrected chi connectivity index (χ3v) is 6.06. The third kappa shape index (κ3) is 6.00. The predicted molar refractivity (Wildman–Crippen MR) is 140 cm³/mol. The number of imidazole rings is 1. The lowest BCUT2D eigenvalue weighted by Gasteiger charge is -2.22. The average molecular weight is 539 g/mol. The molecule has 202 valence electrons. The number of carboxylic acids is 1. The van der Waals surface area contributed by atoms with E-state index < -0.39 is 35.7 Å². The Bertz CT molecular complexity index is 1570. The van der Waals surface area contributed by atoms with Gasteiger partial charge >= 0.3 is 5.97 Å². The fourth-order valence-electron chi connectivity index (χ4n) is 4.21. The number of nitrogens with one attached hydrogen (secondary N) is 2. The summed E-state index contributed by atoms with van der Waals surface area (Å²) in [6.07, 6.45) is -0.434. The number of nitrogen functional groups attached to an aromatic ring is 1. The van der Waals surface area contributed by atoms with E-state index in [0.717, 1.165) is 23.1 Å². The number of hydrogen-bond donors (Lipinski definition) is 4. The van der Waals surface area contributed by atoms with Gasteiger partial charge in [0.05, 0.1) is 29.7 Å². The van der Waals surface area contributed by atoms with E-state index in [1.807, 2.05) is 11.5 Å². The highest BCUT2D eigenvalue weighted by atomic mass is 19.1. The fraction of sp³-hybridized carbons (Fsp3) is 0.185. The molecule has 0 saturated heterocycles. The molecular formula is C27H25F3N6O3. The van der Waals surface area contributed by atoms with Crippen LogP contribution >= 0.6 is 0 Å². The number of carboxylic acid groups (broad SMARTS) is 1. The molecule has 0 radical (unpaired) electrons. The van der Waals surface area contributed by atoms with Crippen molar-refractivity contribution in [1.82, 2.24) is 9.55 Å². The highest BCUT2D eigenvalue weighted by molar-refractivity contribution is 6.07. The average Bonchev–Trinajstić information content (AvgIpc) is 3.23. The van der Waals surface area contributed by atoms with Crippen molar-refractivity contribution >= 4 is 40.1 Å². The van der Waals surface area contributed by atoms with E-state index in [1.165, 1.54) is 24.3 Å². The molecule has 0 saturated carbocycles. The van der Waals surface area contributed by atoms with Crippen LogP contribution < -0.4 is 16.0 Å². The molecule has 0 aliphatic heterocycles. The van der Waals surface area contributed by atoms with Gasteiger partial charge < -0.3 is 25.6 Å². The molecule has 1 amide bonds. The van der Waals surface area contributed by atoms with Crippen molar-refractivity contribution in [3.8, 4) is 0 Å². The lowest BCUT2D eigenvalue weighted by Crippen LogP contribution is -2.33. The maximum Gasteiger partial charge on any atom is 0.305 e. The molecule has 0 fully saturated rings. The standard InChI is InChI=1S/C27H25F3N6O3/c1-2-35-23-6-4-16(27(39)36(8-7-25(37)38)19-12-17(28)11-18(29)13-19)10-22(23)34-24(35)14-33-21-5-3-15(26(31)32)9-20(21)30/h3-6,9-13,33H,2,7-8,14H2,1H3,(H3,31,32)(H,37,38). The zero-order chi connectivity index (χ0) is 28.3. The molecule has 1 aromatic heterocycles. The number of aliphatic carboxylic acids is 1. The molecule has 4 rings (SSSR count). The van der Waals surface area contributed by atoms with Gasteiger partial charge in [-0.25, -0.2) is 18.2 Å². The van der Waals surface area contributed by atoms with E-state index in [2.05, 4.69) is 10.3 Å². The Balaban J connectivity index is 1.64. The predicted octanol–water partition coefficient (Wildman–Crippen LogP) is 4.49. The van der Waals surface area contributed by atoms with Crippen LogP contribution in [-0.4, -0.2) is 38.9 Å². The summed E-state index contributed by atoms with van der Waals surface area (Å²) in [5, 5.41) is 19.5. The SMILES string of the molecule is CCn1c(CNc2ccc(C(=N)N)cc2F)nc2cc(C(=O)N(CCC(=O)O)c3cc(F)cc(F)c3)ccc21. The van der Waals surface area contributed by atoms with Gasteiger partial charge in [0.15, 0.2) is 0 Å². The highest BCUT2D eigenvalue weighted by Gasteiger charge is 2.22. The number of carbonyl (C=O) groups is 2. The minimum atomic E-state index is -1.17. The Labute approximate surface area is 221 Å². The quantitative estimate of drug-likeness (QED) is 0.173. The molecule has 0 unspecified atom stereocenters. The number of aryl methyl sites for hydroxylation is 1. The number of hydrogen-bond acceptors (Lipinski definition) is 5. The Hall–Kier alpha value is -4.87. The normalized spacial score (nSPS) is 11.0. The Morgan fingerprint density at radius 1 is 1.05 bits per heavy atom. The number of halogens is 3. The molecule has 12 heteroatoms. The van der Waals surface area contributed by atoms with Crippen molar-refractivity contribution in [3.63, 3.8) is 0 Å². The van der Waals surface area contributed by atoms with Crippen LogP contribution in [0.3, 0.4) is 0 Å². The Morgan fingerprint density at radius 3 is 2.36 bits per heavy atom. The van der Waals surface area contributed by atoms with Crippen LogP contribution in [0.1, 0.15) is 35.1 Å². The zero-order valence-corrected chi connectivity index (χ0v) is 20.8. The third-order valence-electron chi connectivity index (χ3n) is 6.06. The minimum absolute atomic E-state index is 0.111. The number of rotatable bonds is 10. The van der Waals surface area contributed by atoms with Gasteiger partial charge in [-0.15, -0.1) is 0 Å². The van der Waals surface area contributed by atoms with Crippen molar-refractivity contribution in [3.05, 3.63) is 89.0 Å². The second-order valence-electron chi connectivity index (χ2n) is 8.67. The number of anilines is 2. The summed E-state index contributed by atoms with van der Waals surface area (Å²) in [6.45, 7) is 2.27. The summed E-state index contributed by atoms with van der Waals surface area (Å²) in [4.78, 5) is 30.1.